The summed E-state index contributed by atoms with van der Waals surface area (Å²) in [7, 11) is 0. The van der Waals surface area contributed by atoms with Crippen molar-refractivity contribution in [3.63, 3.8) is 0 Å². The van der Waals surface area contributed by atoms with Gasteiger partial charge in [0.15, 0.2) is 0 Å². The molecule has 2 aromatic carbocycles. The molecule has 0 saturated heterocycles. The molecule has 3 heteroatoms. The Morgan fingerprint density at radius 1 is 1.20 bits per heavy atom. The minimum absolute atomic E-state index is 0.460. The summed E-state index contributed by atoms with van der Waals surface area (Å²) in [5, 5.41) is 2.09. The molecule has 0 aliphatic carbocycles. The molecule has 2 nitrogen and oxygen atoms in total. The average Bonchev–Trinajstić information content (AvgIpc) is 2.25. The Bertz CT molecular complexity index is 520. The molecule has 0 amide bonds. The van der Waals surface area contributed by atoms with Gasteiger partial charge in [0.25, 0.3) is 6.47 Å². The number of hydrogen-bond donors (Lipinski definition) is 0. The summed E-state index contributed by atoms with van der Waals surface area (Å²) >= 11 is 2.30. The van der Waals surface area contributed by atoms with Crippen molar-refractivity contribution in [3.8, 4) is 5.75 Å². The second kappa shape index (κ2) is 4.18. The molecule has 0 spiro atoms. The van der Waals surface area contributed by atoms with Crippen molar-refractivity contribution in [1.29, 1.82) is 0 Å². The molecule has 0 fully saturated rings. The van der Waals surface area contributed by atoms with Gasteiger partial charge in [-0.2, -0.15) is 0 Å². The van der Waals surface area contributed by atoms with Crippen LogP contribution in [0.4, 0.5) is 0 Å². The SMILES string of the molecule is Cc1ccc2c(OC=O)cccc2c1I. The summed E-state index contributed by atoms with van der Waals surface area (Å²) in [5.74, 6) is 0.611. The molecule has 2 aromatic rings. The molecule has 0 radical (unpaired) electrons. The first-order chi connectivity index (χ1) is 7.24. The van der Waals surface area contributed by atoms with Gasteiger partial charge in [0.1, 0.15) is 5.75 Å². The third-order valence-electron chi connectivity index (χ3n) is 2.32. The van der Waals surface area contributed by atoms with E-state index in [1.54, 1.807) is 6.07 Å². The van der Waals surface area contributed by atoms with Crippen molar-refractivity contribution in [2.24, 2.45) is 0 Å². The molecule has 0 unspecified atom stereocenters. The smallest absolute Gasteiger partial charge is 0.298 e. The highest BCUT2D eigenvalue weighted by molar-refractivity contribution is 14.1. The Balaban J connectivity index is 2.77. The van der Waals surface area contributed by atoms with Gasteiger partial charge in [-0.05, 0) is 46.5 Å². The van der Waals surface area contributed by atoms with Gasteiger partial charge in [-0.15, -0.1) is 0 Å². The summed E-state index contributed by atoms with van der Waals surface area (Å²) in [5.41, 5.74) is 1.23. The van der Waals surface area contributed by atoms with Crippen LogP contribution in [0.2, 0.25) is 0 Å². The number of benzene rings is 2. The molecule has 76 valence electrons. The quantitative estimate of drug-likeness (QED) is 0.628. The number of carbonyl (C=O) groups is 1. The molecule has 0 aliphatic rings. The van der Waals surface area contributed by atoms with Crippen LogP contribution in [0.1, 0.15) is 5.56 Å². The van der Waals surface area contributed by atoms with E-state index in [2.05, 4.69) is 29.5 Å². The van der Waals surface area contributed by atoms with Gasteiger partial charge in [-0.1, -0.05) is 24.3 Å². The lowest BCUT2D eigenvalue weighted by Gasteiger charge is -2.07. The van der Waals surface area contributed by atoms with E-state index in [4.69, 9.17) is 4.74 Å². The Labute approximate surface area is 101 Å². The van der Waals surface area contributed by atoms with E-state index in [-0.39, 0.29) is 0 Å². The highest BCUT2D eigenvalue weighted by Gasteiger charge is 2.05. The van der Waals surface area contributed by atoms with Crippen molar-refractivity contribution in [2.75, 3.05) is 0 Å². The molecule has 0 saturated carbocycles. The minimum atomic E-state index is 0.460. The maximum atomic E-state index is 10.3. The zero-order valence-corrected chi connectivity index (χ0v) is 10.3. The second-order valence-electron chi connectivity index (χ2n) is 3.26. The Morgan fingerprint density at radius 2 is 2.00 bits per heavy atom. The number of hydrogen-bond acceptors (Lipinski definition) is 2. The second-order valence-corrected chi connectivity index (χ2v) is 4.34. The minimum Gasteiger partial charge on any atom is -0.428 e. The Hall–Kier alpha value is -1.10. The van der Waals surface area contributed by atoms with Crippen LogP contribution in [0.15, 0.2) is 30.3 Å². The van der Waals surface area contributed by atoms with E-state index >= 15 is 0 Å². The summed E-state index contributed by atoms with van der Waals surface area (Å²) in [6, 6.07) is 9.72. The third kappa shape index (κ3) is 1.84. The number of carbonyl (C=O) groups excluding carboxylic acids is 1. The molecule has 0 N–H and O–H groups in total. The topological polar surface area (TPSA) is 26.3 Å². The molecule has 0 aromatic heterocycles. The standard InChI is InChI=1S/C12H9IO2/c1-8-5-6-9-10(12(8)13)3-2-4-11(9)15-7-14/h2-7H,1H3. The molecule has 0 atom stereocenters. The first-order valence-corrected chi connectivity index (χ1v) is 5.60. The fourth-order valence-electron chi connectivity index (χ4n) is 1.56. The highest BCUT2D eigenvalue weighted by atomic mass is 127. The lowest BCUT2D eigenvalue weighted by Crippen LogP contribution is -1.91. The van der Waals surface area contributed by atoms with Crippen LogP contribution in [-0.2, 0) is 4.79 Å². The summed E-state index contributed by atoms with van der Waals surface area (Å²) < 4.78 is 6.13. The summed E-state index contributed by atoms with van der Waals surface area (Å²) in [6.07, 6.45) is 0. The van der Waals surface area contributed by atoms with Gasteiger partial charge in [-0.3, -0.25) is 4.79 Å². The van der Waals surface area contributed by atoms with Gasteiger partial charge in [0.05, 0.1) is 0 Å². The zero-order chi connectivity index (χ0) is 10.8. The van der Waals surface area contributed by atoms with E-state index in [1.807, 2.05) is 24.3 Å². The van der Waals surface area contributed by atoms with Gasteiger partial charge >= 0.3 is 0 Å². The molecular formula is C12H9IO2. The van der Waals surface area contributed by atoms with Crippen molar-refractivity contribution in [3.05, 3.63) is 39.5 Å². The van der Waals surface area contributed by atoms with Gasteiger partial charge < -0.3 is 4.74 Å². The number of halogens is 1. The normalized spacial score (nSPS) is 10.3. The van der Waals surface area contributed by atoms with Crippen molar-refractivity contribution in [2.45, 2.75) is 6.92 Å². The number of aryl methyl sites for hydroxylation is 1. The van der Waals surface area contributed by atoms with Gasteiger partial charge in [0.2, 0.25) is 0 Å². The van der Waals surface area contributed by atoms with Crippen LogP contribution in [-0.4, -0.2) is 6.47 Å². The fraction of sp³-hybridized carbons (Fsp3) is 0.0833. The van der Waals surface area contributed by atoms with Gasteiger partial charge in [0, 0.05) is 8.96 Å². The Morgan fingerprint density at radius 3 is 2.73 bits per heavy atom. The number of ether oxygens (including phenoxy) is 1. The average molecular weight is 312 g/mol. The predicted molar refractivity (Wildman–Crippen MR) is 68.1 cm³/mol. The third-order valence-corrected chi connectivity index (χ3v) is 3.76. The number of rotatable bonds is 2. The van der Waals surface area contributed by atoms with Crippen LogP contribution in [0.3, 0.4) is 0 Å². The van der Waals surface area contributed by atoms with E-state index < -0.39 is 0 Å². The number of fused-ring (bicyclic) bond motifs is 1. The van der Waals surface area contributed by atoms with Crippen molar-refractivity contribution in [1.82, 2.24) is 0 Å². The predicted octanol–water partition coefficient (Wildman–Crippen LogP) is 3.29. The molecule has 0 heterocycles. The lowest BCUT2D eigenvalue weighted by atomic mass is 10.1. The largest absolute Gasteiger partial charge is 0.428 e. The first kappa shape index (κ1) is 10.4. The lowest BCUT2D eigenvalue weighted by molar-refractivity contribution is -0.120. The van der Waals surface area contributed by atoms with E-state index in [9.17, 15) is 4.79 Å². The van der Waals surface area contributed by atoms with Crippen LogP contribution in [0, 0.1) is 10.5 Å². The van der Waals surface area contributed by atoms with E-state index in [0.717, 1.165) is 10.8 Å². The van der Waals surface area contributed by atoms with Gasteiger partial charge in [-0.25, -0.2) is 0 Å². The first-order valence-electron chi connectivity index (χ1n) is 4.52. The summed E-state index contributed by atoms with van der Waals surface area (Å²) in [6.45, 7) is 2.52. The van der Waals surface area contributed by atoms with Crippen LogP contribution < -0.4 is 4.74 Å². The fourth-order valence-corrected chi connectivity index (χ4v) is 2.21. The maximum absolute atomic E-state index is 10.3. The summed E-state index contributed by atoms with van der Waals surface area (Å²) in [4.78, 5) is 10.3. The van der Waals surface area contributed by atoms with E-state index in [0.29, 0.717) is 12.2 Å². The monoisotopic (exact) mass is 312 g/mol. The van der Waals surface area contributed by atoms with Crippen molar-refractivity contribution < 1.29 is 9.53 Å². The van der Waals surface area contributed by atoms with Crippen LogP contribution in [0.5, 0.6) is 5.75 Å². The molecule has 0 aliphatic heterocycles. The molecule has 0 bridgehead atoms. The van der Waals surface area contributed by atoms with Crippen molar-refractivity contribution >= 4 is 39.8 Å². The molecule has 2 rings (SSSR count). The highest BCUT2D eigenvalue weighted by Crippen LogP contribution is 2.30. The van der Waals surface area contributed by atoms with E-state index in [1.165, 1.54) is 9.13 Å². The van der Waals surface area contributed by atoms with Crippen LogP contribution in [0.25, 0.3) is 10.8 Å². The zero-order valence-electron chi connectivity index (χ0n) is 8.16. The molecule has 15 heavy (non-hydrogen) atoms. The maximum Gasteiger partial charge on any atom is 0.298 e. The Kier molecular flexibility index (Phi) is 2.90. The molecular weight excluding hydrogens is 303 g/mol. The van der Waals surface area contributed by atoms with Crippen LogP contribution >= 0.6 is 22.6 Å².